The van der Waals surface area contributed by atoms with E-state index in [9.17, 15) is 9.50 Å². The molecule has 0 amide bonds. The second kappa shape index (κ2) is 5.14. The minimum atomic E-state index is -0.497. The van der Waals surface area contributed by atoms with Gasteiger partial charge < -0.3 is 10.4 Å². The summed E-state index contributed by atoms with van der Waals surface area (Å²) < 4.78 is 13.2. The van der Waals surface area contributed by atoms with E-state index in [1.54, 1.807) is 12.1 Å². The van der Waals surface area contributed by atoms with Gasteiger partial charge in [-0.3, -0.25) is 0 Å². The van der Waals surface area contributed by atoms with Crippen molar-refractivity contribution >= 4 is 21.6 Å². The Morgan fingerprint density at radius 3 is 2.76 bits per heavy atom. The van der Waals surface area contributed by atoms with Crippen LogP contribution in [0, 0.1) is 5.95 Å². The highest BCUT2D eigenvalue weighted by molar-refractivity contribution is 9.10. The Morgan fingerprint density at radius 2 is 2.12 bits per heavy atom. The molecule has 0 spiro atoms. The summed E-state index contributed by atoms with van der Waals surface area (Å²) in [5.74, 6) is -0.292. The van der Waals surface area contributed by atoms with Crippen LogP contribution in [0.3, 0.4) is 0 Å². The van der Waals surface area contributed by atoms with Gasteiger partial charge in [-0.25, -0.2) is 4.98 Å². The summed E-state index contributed by atoms with van der Waals surface area (Å²) in [6.07, 6.45) is 1.44. The van der Waals surface area contributed by atoms with E-state index < -0.39 is 5.95 Å². The summed E-state index contributed by atoms with van der Waals surface area (Å²) in [5.41, 5.74) is 1.74. The van der Waals surface area contributed by atoms with Crippen molar-refractivity contribution in [3.63, 3.8) is 0 Å². The third-order valence-electron chi connectivity index (χ3n) is 2.24. The SMILES string of the molecule is Oc1ccc(CNc2ccc(F)nc2)cc1Br. The molecule has 88 valence electrons. The molecule has 0 radical (unpaired) electrons. The zero-order valence-electron chi connectivity index (χ0n) is 8.82. The zero-order chi connectivity index (χ0) is 12.3. The van der Waals surface area contributed by atoms with Gasteiger partial charge in [0.15, 0.2) is 0 Å². The van der Waals surface area contributed by atoms with Crippen LogP contribution >= 0.6 is 15.9 Å². The van der Waals surface area contributed by atoms with Crippen molar-refractivity contribution in [2.24, 2.45) is 0 Å². The van der Waals surface area contributed by atoms with Crippen LogP contribution in [-0.2, 0) is 6.54 Å². The molecule has 1 aromatic heterocycles. The van der Waals surface area contributed by atoms with Gasteiger partial charge in [-0.05, 0) is 45.8 Å². The molecule has 17 heavy (non-hydrogen) atoms. The number of phenols is 1. The largest absolute Gasteiger partial charge is 0.507 e. The Kier molecular flexibility index (Phi) is 3.58. The molecule has 0 bridgehead atoms. The lowest BCUT2D eigenvalue weighted by Gasteiger charge is -2.07. The number of nitrogens with zero attached hydrogens (tertiary/aromatic N) is 1. The number of hydrogen-bond acceptors (Lipinski definition) is 3. The first kappa shape index (κ1) is 11.9. The van der Waals surface area contributed by atoms with Crippen LogP contribution < -0.4 is 5.32 Å². The average molecular weight is 297 g/mol. The summed E-state index contributed by atoms with van der Waals surface area (Å²) in [7, 11) is 0. The van der Waals surface area contributed by atoms with Crippen molar-refractivity contribution in [2.45, 2.75) is 6.54 Å². The van der Waals surface area contributed by atoms with Crippen LogP contribution in [0.15, 0.2) is 41.0 Å². The number of benzene rings is 1. The Morgan fingerprint density at radius 1 is 1.29 bits per heavy atom. The number of anilines is 1. The molecule has 1 heterocycles. The average Bonchev–Trinajstić information content (AvgIpc) is 2.33. The number of nitrogens with one attached hydrogen (secondary N) is 1. The molecule has 0 aliphatic rings. The predicted octanol–water partition coefficient (Wildman–Crippen LogP) is 3.30. The number of hydrogen-bond donors (Lipinski definition) is 2. The van der Waals surface area contributed by atoms with Crippen LogP contribution in [0.4, 0.5) is 10.1 Å². The standard InChI is InChI=1S/C12H10BrFN2O/c13-10-5-8(1-3-11(10)17)6-15-9-2-4-12(14)16-7-9/h1-5,7,15,17H,6H2. The minimum absolute atomic E-state index is 0.206. The maximum Gasteiger partial charge on any atom is 0.212 e. The first-order valence-electron chi connectivity index (χ1n) is 4.98. The Hall–Kier alpha value is -1.62. The molecular formula is C12H10BrFN2O. The van der Waals surface area contributed by atoms with Crippen molar-refractivity contribution in [1.82, 2.24) is 4.98 Å². The van der Waals surface area contributed by atoms with Gasteiger partial charge in [-0.1, -0.05) is 6.07 Å². The normalized spacial score (nSPS) is 10.2. The lowest BCUT2D eigenvalue weighted by molar-refractivity contribution is 0.471. The molecule has 5 heteroatoms. The maximum atomic E-state index is 12.6. The van der Waals surface area contributed by atoms with Gasteiger partial charge in [-0.2, -0.15) is 4.39 Å². The molecule has 0 saturated heterocycles. The second-order valence-corrected chi connectivity index (χ2v) is 4.36. The summed E-state index contributed by atoms with van der Waals surface area (Å²) in [6.45, 7) is 0.576. The third kappa shape index (κ3) is 3.17. The van der Waals surface area contributed by atoms with E-state index in [0.29, 0.717) is 11.0 Å². The molecule has 0 fully saturated rings. The Labute approximate surface area is 106 Å². The number of rotatable bonds is 3. The number of pyridine rings is 1. The molecular weight excluding hydrogens is 287 g/mol. The molecule has 0 aliphatic carbocycles. The summed E-state index contributed by atoms with van der Waals surface area (Å²) in [5, 5.41) is 12.4. The second-order valence-electron chi connectivity index (χ2n) is 3.51. The first-order valence-corrected chi connectivity index (χ1v) is 5.77. The predicted molar refractivity (Wildman–Crippen MR) is 67.3 cm³/mol. The van der Waals surface area contributed by atoms with E-state index in [4.69, 9.17) is 0 Å². The van der Waals surface area contributed by atoms with Gasteiger partial charge in [-0.15, -0.1) is 0 Å². The highest BCUT2D eigenvalue weighted by atomic mass is 79.9. The van der Waals surface area contributed by atoms with E-state index in [-0.39, 0.29) is 5.75 Å². The lowest BCUT2D eigenvalue weighted by Crippen LogP contribution is -2.00. The van der Waals surface area contributed by atoms with E-state index in [1.165, 1.54) is 12.3 Å². The number of halogens is 2. The van der Waals surface area contributed by atoms with E-state index >= 15 is 0 Å². The Bertz CT molecular complexity index is 516. The fourth-order valence-corrected chi connectivity index (χ4v) is 1.77. The van der Waals surface area contributed by atoms with Gasteiger partial charge >= 0.3 is 0 Å². The molecule has 1 aromatic carbocycles. The number of aromatic nitrogens is 1. The van der Waals surface area contributed by atoms with Crippen molar-refractivity contribution in [1.29, 1.82) is 0 Å². The maximum absolute atomic E-state index is 12.6. The topological polar surface area (TPSA) is 45.1 Å². The lowest BCUT2D eigenvalue weighted by atomic mass is 10.2. The molecule has 0 unspecified atom stereocenters. The molecule has 0 atom stereocenters. The van der Waals surface area contributed by atoms with Gasteiger partial charge in [0.1, 0.15) is 5.75 Å². The van der Waals surface area contributed by atoms with Crippen LogP contribution in [0.5, 0.6) is 5.75 Å². The molecule has 2 aromatic rings. The van der Waals surface area contributed by atoms with Crippen molar-refractivity contribution in [2.75, 3.05) is 5.32 Å². The summed E-state index contributed by atoms with van der Waals surface area (Å²) >= 11 is 3.24. The molecule has 2 rings (SSSR count). The minimum Gasteiger partial charge on any atom is -0.507 e. The van der Waals surface area contributed by atoms with Crippen molar-refractivity contribution in [3.8, 4) is 5.75 Å². The number of phenolic OH excluding ortho intramolecular Hbond substituents is 1. The number of aromatic hydroxyl groups is 1. The highest BCUT2D eigenvalue weighted by Crippen LogP contribution is 2.24. The molecule has 3 nitrogen and oxygen atoms in total. The third-order valence-corrected chi connectivity index (χ3v) is 2.87. The first-order chi connectivity index (χ1) is 8.15. The molecule has 0 aliphatic heterocycles. The van der Waals surface area contributed by atoms with E-state index in [2.05, 4.69) is 26.2 Å². The van der Waals surface area contributed by atoms with Gasteiger partial charge in [0.2, 0.25) is 5.95 Å². The summed E-state index contributed by atoms with van der Waals surface area (Å²) in [6, 6.07) is 8.17. The van der Waals surface area contributed by atoms with Crippen molar-refractivity contribution < 1.29 is 9.50 Å². The van der Waals surface area contributed by atoms with Gasteiger partial charge in [0.25, 0.3) is 0 Å². The van der Waals surface area contributed by atoms with Crippen LogP contribution in [0.2, 0.25) is 0 Å². The zero-order valence-corrected chi connectivity index (χ0v) is 10.4. The summed E-state index contributed by atoms with van der Waals surface area (Å²) in [4.78, 5) is 3.54. The quantitative estimate of drug-likeness (QED) is 0.854. The fraction of sp³-hybridized carbons (Fsp3) is 0.0833. The molecule has 0 saturated carbocycles. The monoisotopic (exact) mass is 296 g/mol. The van der Waals surface area contributed by atoms with Crippen LogP contribution in [0.1, 0.15) is 5.56 Å². The van der Waals surface area contributed by atoms with E-state index in [0.717, 1.165) is 11.3 Å². The van der Waals surface area contributed by atoms with Gasteiger partial charge in [0, 0.05) is 6.54 Å². The fourth-order valence-electron chi connectivity index (χ4n) is 1.34. The highest BCUT2D eigenvalue weighted by Gasteiger charge is 2.00. The van der Waals surface area contributed by atoms with Crippen molar-refractivity contribution in [3.05, 3.63) is 52.5 Å². The van der Waals surface area contributed by atoms with E-state index in [1.807, 2.05) is 12.1 Å². The van der Waals surface area contributed by atoms with Gasteiger partial charge in [0.05, 0.1) is 16.4 Å². The van der Waals surface area contributed by atoms with Crippen LogP contribution in [-0.4, -0.2) is 10.1 Å². The smallest absolute Gasteiger partial charge is 0.212 e. The molecule has 2 N–H and O–H groups in total. The van der Waals surface area contributed by atoms with Crippen LogP contribution in [0.25, 0.3) is 0 Å². The Balaban J connectivity index is 2.02.